The molecule has 1 fully saturated rings. The quantitative estimate of drug-likeness (QED) is 0.582. The first-order valence-electron chi connectivity index (χ1n) is 9.78. The molecule has 0 unspecified atom stereocenters. The Hall–Kier alpha value is -3.26. The number of nitrogens with two attached hydrogens (primary N) is 1. The maximum atomic E-state index is 12.2. The molecular weight excluding hydrogens is 368 g/mol. The first-order chi connectivity index (χ1) is 14.1. The minimum Gasteiger partial charge on any atom is -0.369 e. The van der Waals surface area contributed by atoms with E-state index in [4.69, 9.17) is 5.73 Å². The van der Waals surface area contributed by atoms with Crippen LogP contribution in [-0.2, 0) is 17.9 Å². The molecule has 0 spiro atoms. The fourth-order valence-corrected chi connectivity index (χ4v) is 3.76. The zero-order valence-corrected chi connectivity index (χ0v) is 16.1. The van der Waals surface area contributed by atoms with E-state index in [1.807, 2.05) is 30.3 Å². The van der Waals surface area contributed by atoms with Gasteiger partial charge in [0.1, 0.15) is 11.6 Å². The van der Waals surface area contributed by atoms with Crippen molar-refractivity contribution < 1.29 is 4.79 Å². The molecule has 29 heavy (non-hydrogen) atoms. The third kappa shape index (κ3) is 4.27. The van der Waals surface area contributed by atoms with Gasteiger partial charge in [-0.2, -0.15) is 0 Å². The molecule has 8 heteroatoms. The lowest BCUT2D eigenvalue weighted by Gasteiger charge is -2.32. The highest BCUT2D eigenvalue weighted by atomic mass is 16.1. The van der Waals surface area contributed by atoms with Crippen LogP contribution in [0.2, 0.25) is 0 Å². The van der Waals surface area contributed by atoms with Crippen molar-refractivity contribution in [3.8, 4) is 0 Å². The summed E-state index contributed by atoms with van der Waals surface area (Å²) >= 11 is 0. The van der Waals surface area contributed by atoms with Gasteiger partial charge in [-0.15, -0.1) is 0 Å². The number of fused-ring (bicyclic) bond motifs is 1. The number of pyridine rings is 1. The van der Waals surface area contributed by atoms with Gasteiger partial charge in [-0.3, -0.25) is 9.59 Å². The van der Waals surface area contributed by atoms with Gasteiger partial charge in [-0.1, -0.05) is 18.2 Å². The number of piperidine rings is 1. The summed E-state index contributed by atoms with van der Waals surface area (Å²) in [6.07, 6.45) is 3.28. The number of rotatable bonds is 6. The second kappa shape index (κ2) is 8.40. The molecule has 3 aromatic rings. The number of primary amides is 1. The van der Waals surface area contributed by atoms with Crippen molar-refractivity contribution in [3.63, 3.8) is 0 Å². The fraction of sp³-hybridized carbons (Fsp3) is 0.333. The number of aromatic amines is 1. The van der Waals surface area contributed by atoms with Gasteiger partial charge in [0.15, 0.2) is 0 Å². The van der Waals surface area contributed by atoms with Gasteiger partial charge in [0.05, 0.1) is 17.4 Å². The molecule has 1 saturated heterocycles. The number of amides is 1. The fourth-order valence-electron chi connectivity index (χ4n) is 3.76. The van der Waals surface area contributed by atoms with Gasteiger partial charge in [-0.25, -0.2) is 9.97 Å². The lowest BCUT2D eigenvalue weighted by Crippen LogP contribution is -2.39. The number of aromatic nitrogens is 3. The summed E-state index contributed by atoms with van der Waals surface area (Å²) in [5.74, 6) is 1.25. The highest BCUT2D eigenvalue weighted by molar-refractivity contribution is 5.77. The van der Waals surface area contributed by atoms with Gasteiger partial charge in [0.2, 0.25) is 5.91 Å². The van der Waals surface area contributed by atoms with Crippen LogP contribution in [-0.4, -0.2) is 33.9 Å². The predicted octanol–water partition coefficient (Wildman–Crippen LogP) is 1.31. The van der Waals surface area contributed by atoms with Crippen molar-refractivity contribution in [1.29, 1.82) is 0 Å². The molecule has 4 N–H and O–H groups in total. The Morgan fingerprint density at radius 2 is 1.97 bits per heavy atom. The van der Waals surface area contributed by atoms with E-state index in [1.165, 1.54) is 0 Å². The van der Waals surface area contributed by atoms with Gasteiger partial charge in [-0.05, 0) is 31.0 Å². The SMILES string of the molecule is NC(=O)C1CCN(c2ncccc2CNCc2nc3ccccc3c(=O)[nH]2)CC1. The monoisotopic (exact) mass is 392 g/mol. The smallest absolute Gasteiger partial charge is 0.258 e. The molecule has 1 amide bonds. The number of carbonyl (C=O) groups is 1. The number of anilines is 1. The summed E-state index contributed by atoms with van der Waals surface area (Å²) in [5.41, 5.74) is 7.05. The number of nitrogens with zero attached hydrogens (tertiary/aromatic N) is 3. The Balaban J connectivity index is 1.42. The van der Waals surface area contributed by atoms with Crippen LogP contribution in [0.4, 0.5) is 5.82 Å². The van der Waals surface area contributed by atoms with E-state index in [-0.39, 0.29) is 17.4 Å². The van der Waals surface area contributed by atoms with Crippen LogP contribution in [0.5, 0.6) is 0 Å². The molecule has 1 aromatic carbocycles. The maximum absolute atomic E-state index is 12.2. The molecule has 0 aliphatic carbocycles. The molecule has 8 nitrogen and oxygen atoms in total. The minimum atomic E-state index is -0.218. The summed E-state index contributed by atoms with van der Waals surface area (Å²) < 4.78 is 0. The Labute approximate surface area is 168 Å². The average Bonchev–Trinajstić information content (AvgIpc) is 2.74. The molecule has 0 bridgehead atoms. The van der Waals surface area contributed by atoms with Crippen LogP contribution < -0.4 is 21.5 Å². The van der Waals surface area contributed by atoms with Crippen LogP contribution in [0.15, 0.2) is 47.4 Å². The van der Waals surface area contributed by atoms with Gasteiger partial charge in [0, 0.05) is 37.3 Å². The third-order valence-corrected chi connectivity index (χ3v) is 5.33. The van der Waals surface area contributed by atoms with Crippen molar-refractivity contribution in [2.45, 2.75) is 25.9 Å². The van der Waals surface area contributed by atoms with E-state index in [2.05, 4.69) is 25.2 Å². The van der Waals surface area contributed by atoms with E-state index in [1.54, 1.807) is 12.3 Å². The second-order valence-electron chi connectivity index (χ2n) is 7.28. The van der Waals surface area contributed by atoms with Crippen molar-refractivity contribution in [1.82, 2.24) is 20.3 Å². The Morgan fingerprint density at radius 3 is 2.76 bits per heavy atom. The summed E-state index contributed by atoms with van der Waals surface area (Å²) in [4.78, 5) is 37.7. The van der Waals surface area contributed by atoms with E-state index in [9.17, 15) is 9.59 Å². The third-order valence-electron chi connectivity index (χ3n) is 5.33. The molecule has 0 atom stereocenters. The minimum absolute atomic E-state index is 0.0488. The van der Waals surface area contributed by atoms with Crippen molar-refractivity contribution in [2.75, 3.05) is 18.0 Å². The highest BCUT2D eigenvalue weighted by Gasteiger charge is 2.24. The van der Waals surface area contributed by atoms with E-state index in [0.29, 0.717) is 29.8 Å². The molecule has 4 rings (SSSR count). The zero-order valence-electron chi connectivity index (χ0n) is 16.1. The Kier molecular flexibility index (Phi) is 5.53. The first-order valence-corrected chi connectivity index (χ1v) is 9.78. The topological polar surface area (TPSA) is 117 Å². The normalized spacial score (nSPS) is 15.0. The maximum Gasteiger partial charge on any atom is 0.258 e. The summed E-state index contributed by atoms with van der Waals surface area (Å²) in [5, 5.41) is 3.93. The molecule has 1 aliphatic heterocycles. The highest BCUT2D eigenvalue weighted by Crippen LogP contribution is 2.24. The van der Waals surface area contributed by atoms with Gasteiger partial charge >= 0.3 is 0 Å². The van der Waals surface area contributed by atoms with E-state index >= 15 is 0 Å². The average molecular weight is 392 g/mol. The lowest BCUT2D eigenvalue weighted by atomic mass is 9.96. The Morgan fingerprint density at radius 1 is 1.17 bits per heavy atom. The standard InChI is InChI=1S/C21H24N6O2/c22-19(28)14-7-10-27(11-8-14)20-15(4-3-9-24-20)12-23-13-18-25-17-6-2-1-5-16(17)21(29)26-18/h1-6,9,14,23H,7-8,10-13H2,(H2,22,28)(H,25,26,29). The van der Waals surface area contributed by atoms with Crippen LogP contribution in [0.1, 0.15) is 24.2 Å². The second-order valence-corrected chi connectivity index (χ2v) is 7.28. The summed E-state index contributed by atoms with van der Waals surface area (Å²) in [6, 6.07) is 11.2. The molecule has 0 radical (unpaired) electrons. The number of nitrogens with one attached hydrogen (secondary N) is 2. The molecule has 0 saturated carbocycles. The predicted molar refractivity (Wildman–Crippen MR) is 111 cm³/mol. The van der Waals surface area contributed by atoms with Crippen LogP contribution in [0.3, 0.4) is 0 Å². The molecule has 2 aromatic heterocycles. The molecule has 1 aliphatic rings. The van der Waals surface area contributed by atoms with Crippen LogP contribution in [0, 0.1) is 5.92 Å². The number of benzene rings is 1. The zero-order chi connectivity index (χ0) is 20.2. The van der Waals surface area contributed by atoms with E-state index < -0.39 is 0 Å². The van der Waals surface area contributed by atoms with Crippen molar-refractivity contribution in [3.05, 3.63) is 64.3 Å². The first kappa shape index (κ1) is 19.1. The number of hydrogen-bond donors (Lipinski definition) is 3. The number of para-hydroxylation sites is 1. The summed E-state index contributed by atoms with van der Waals surface area (Å²) in [7, 11) is 0. The van der Waals surface area contributed by atoms with Gasteiger partial charge in [0.25, 0.3) is 5.56 Å². The Bertz CT molecular complexity index is 1070. The van der Waals surface area contributed by atoms with Crippen molar-refractivity contribution >= 4 is 22.6 Å². The van der Waals surface area contributed by atoms with E-state index in [0.717, 1.165) is 37.3 Å². The van der Waals surface area contributed by atoms with Crippen LogP contribution in [0.25, 0.3) is 10.9 Å². The lowest BCUT2D eigenvalue weighted by molar-refractivity contribution is -0.122. The van der Waals surface area contributed by atoms with Gasteiger partial charge < -0.3 is 20.9 Å². The van der Waals surface area contributed by atoms with Crippen LogP contribution >= 0.6 is 0 Å². The largest absolute Gasteiger partial charge is 0.369 e. The van der Waals surface area contributed by atoms with Crippen molar-refractivity contribution in [2.24, 2.45) is 11.7 Å². The number of H-pyrrole nitrogens is 1. The molecule has 3 heterocycles. The summed E-state index contributed by atoms with van der Waals surface area (Å²) in [6.45, 7) is 2.56. The molecular formula is C21H24N6O2. The molecule has 150 valence electrons. The number of hydrogen-bond acceptors (Lipinski definition) is 6. The number of carbonyl (C=O) groups excluding carboxylic acids is 1.